The Morgan fingerprint density at radius 1 is 1.04 bits per heavy atom. The van der Waals surface area contributed by atoms with E-state index in [9.17, 15) is 9.18 Å². The van der Waals surface area contributed by atoms with E-state index in [1.54, 1.807) is 18.1 Å². The van der Waals surface area contributed by atoms with E-state index in [1.165, 1.54) is 12.1 Å². The van der Waals surface area contributed by atoms with Crippen LogP contribution in [-0.2, 0) is 13.1 Å². The summed E-state index contributed by atoms with van der Waals surface area (Å²) in [5.41, 5.74) is 1.79. The Morgan fingerprint density at radius 3 is 2.56 bits per heavy atom. The maximum absolute atomic E-state index is 13.3. The van der Waals surface area contributed by atoms with E-state index in [1.807, 2.05) is 43.3 Å². The molecule has 0 aliphatic rings. The molecule has 4 nitrogen and oxygen atoms in total. The number of benzene rings is 3. The molecule has 0 saturated carbocycles. The number of methoxy groups -OCH3 is 1. The number of carbonyl (C=O) groups is 1. The zero-order valence-electron chi connectivity index (χ0n) is 15.5. The van der Waals surface area contributed by atoms with Crippen LogP contribution in [-0.4, -0.2) is 24.6 Å². The van der Waals surface area contributed by atoms with Crippen LogP contribution in [0.2, 0.25) is 0 Å². The molecular formula is C22H23FN2O2. The zero-order chi connectivity index (χ0) is 19.2. The van der Waals surface area contributed by atoms with Crippen LogP contribution in [0.3, 0.4) is 0 Å². The second kappa shape index (κ2) is 8.54. The van der Waals surface area contributed by atoms with Crippen LogP contribution in [0.1, 0.15) is 18.1 Å². The first-order valence-corrected chi connectivity index (χ1v) is 8.93. The first-order valence-electron chi connectivity index (χ1n) is 8.93. The maximum atomic E-state index is 13.3. The number of hydrogen-bond donors (Lipinski definition) is 1. The Morgan fingerprint density at radius 2 is 1.81 bits per heavy atom. The highest BCUT2D eigenvalue weighted by atomic mass is 19.1. The third kappa shape index (κ3) is 4.76. The van der Waals surface area contributed by atoms with Crippen molar-refractivity contribution in [3.05, 3.63) is 77.6 Å². The molecule has 0 bridgehead atoms. The topological polar surface area (TPSA) is 41.6 Å². The SMILES string of the molecule is CCN(Cc1cccc(F)c1)C(=O)NCc1ccc2cc(OC)ccc2c1. The van der Waals surface area contributed by atoms with Gasteiger partial charge in [-0.05, 0) is 59.2 Å². The van der Waals surface area contributed by atoms with E-state index < -0.39 is 0 Å². The van der Waals surface area contributed by atoms with Gasteiger partial charge in [-0.15, -0.1) is 0 Å². The number of fused-ring (bicyclic) bond motifs is 1. The molecule has 3 rings (SSSR count). The lowest BCUT2D eigenvalue weighted by Crippen LogP contribution is -2.39. The minimum absolute atomic E-state index is 0.170. The van der Waals surface area contributed by atoms with Crippen LogP contribution in [0.25, 0.3) is 10.8 Å². The van der Waals surface area contributed by atoms with Gasteiger partial charge >= 0.3 is 6.03 Å². The summed E-state index contributed by atoms with van der Waals surface area (Å²) in [6, 6.07) is 18.1. The van der Waals surface area contributed by atoms with Crippen molar-refractivity contribution in [2.45, 2.75) is 20.0 Å². The van der Waals surface area contributed by atoms with Crippen LogP contribution in [0.5, 0.6) is 5.75 Å². The third-order valence-electron chi connectivity index (χ3n) is 4.49. The number of ether oxygens (including phenoxy) is 1. The summed E-state index contributed by atoms with van der Waals surface area (Å²) in [5, 5.41) is 5.12. The zero-order valence-corrected chi connectivity index (χ0v) is 15.5. The van der Waals surface area contributed by atoms with Gasteiger partial charge < -0.3 is 15.0 Å². The van der Waals surface area contributed by atoms with Crippen molar-refractivity contribution in [1.82, 2.24) is 10.2 Å². The molecule has 0 atom stereocenters. The molecule has 0 heterocycles. The fourth-order valence-electron chi connectivity index (χ4n) is 2.98. The second-order valence-corrected chi connectivity index (χ2v) is 6.35. The van der Waals surface area contributed by atoms with Crippen molar-refractivity contribution < 1.29 is 13.9 Å². The summed E-state index contributed by atoms with van der Waals surface area (Å²) in [7, 11) is 1.65. The first kappa shape index (κ1) is 18.7. The fourth-order valence-corrected chi connectivity index (χ4v) is 2.98. The highest BCUT2D eigenvalue weighted by Crippen LogP contribution is 2.21. The van der Waals surface area contributed by atoms with E-state index in [-0.39, 0.29) is 11.8 Å². The number of halogens is 1. The average molecular weight is 366 g/mol. The van der Waals surface area contributed by atoms with Gasteiger partial charge in [0.2, 0.25) is 0 Å². The summed E-state index contributed by atoms with van der Waals surface area (Å²) >= 11 is 0. The van der Waals surface area contributed by atoms with Crippen molar-refractivity contribution in [2.75, 3.05) is 13.7 Å². The Hall–Kier alpha value is -3.08. The highest BCUT2D eigenvalue weighted by molar-refractivity contribution is 5.84. The number of amides is 2. The molecule has 140 valence electrons. The summed E-state index contributed by atoms with van der Waals surface area (Å²) in [4.78, 5) is 14.1. The molecule has 27 heavy (non-hydrogen) atoms. The normalized spacial score (nSPS) is 10.6. The van der Waals surface area contributed by atoms with Crippen molar-refractivity contribution in [3.8, 4) is 5.75 Å². The monoisotopic (exact) mass is 366 g/mol. The highest BCUT2D eigenvalue weighted by Gasteiger charge is 2.12. The van der Waals surface area contributed by atoms with Crippen molar-refractivity contribution in [2.24, 2.45) is 0 Å². The molecule has 0 aromatic heterocycles. The number of rotatable bonds is 6. The van der Waals surface area contributed by atoms with Gasteiger partial charge in [-0.2, -0.15) is 0 Å². The molecule has 0 spiro atoms. The van der Waals surface area contributed by atoms with E-state index in [0.717, 1.165) is 27.6 Å². The number of urea groups is 1. The van der Waals surface area contributed by atoms with E-state index in [2.05, 4.69) is 11.4 Å². The lowest BCUT2D eigenvalue weighted by molar-refractivity contribution is 0.197. The van der Waals surface area contributed by atoms with Crippen LogP contribution in [0.15, 0.2) is 60.7 Å². The van der Waals surface area contributed by atoms with Gasteiger partial charge in [0.05, 0.1) is 7.11 Å². The molecule has 3 aromatic rings. The molecule has 0 aliphatic heterocycles. The maximum Gasteiger partial charge on any atom is 0.317 e. The number of hydrogen-bond acceptors (Lipinski definition) is 2. The first-order chi connectivity index (χ1) is 13.1. The molecular weight excluding hydrogens is 343 g/mol. The summed E-state index contributed by atoms with van der Waals surface area (Å²) in [6.07, 6.45) is 0. The molecule has 0 unspecified atom stereocenters. The van der Waals surface area contributed by atoms with Gasteiger partial charge in [-0.3, -0.25) is 0 Å². The Labute approximate surface area is 158 Å². The molecule has 0 radical (unpaired) electrons. The van der Waals surface area contributed by atoms with Gasteiger partial charge in [0, 0.05) is 19.6 Å². The van der Waals surface area contributed by atoms with E-state index in [4.69, 9.17) is 4.74 Å². The Balaban J connectivity index is 1.64. The summed E-state index contributed by atoms with van der Waals surface area (Å²) < 4.78 is 18.6. The van der Waals surface area contributed by atoms with Crippen molar-refractivity contribution >= 4 is 16.8 Å². The largest absolute Gasteiger partial charge is 0.497 e. The van der Waals surface area contributed by atoms with Crippen LogP contribution < -0.4 is 10.1 Å². The van der Waals surface area contributed by atoms with Gasteiger partial charge in [0.15, 0.2) is 0 Å². The van der Waals surface area contributed by atoms with Gasteiger partial charge in [-0.25, -0.2) is 9.18 Å². The van der Waals surface area contributed by atoms with E-state index in [0.29, 0.717) is 19.6 Å². The number of nitrogens with one attached hydrogen (secondary N) is 1. The Bertz CT molecular complexity index is 942. The molecule has 5 heteroatoms. The molecule has 0 aliphatic carbocycles. The number of carbonyl (C=O) groups excluding carboxylic acids is 1. The lowest BCUT2D eigenvalue weighted by atomic mass is 10.1. The molecule has 2 amide bonds. The molecule has 3 aromatic carbocycles. The summed E-state index contributed by atoms with van der Waals surface area (Å²) in [6.45, 7) is 3.25. The quantitative estimate of drug-likeness (QED) is 0.686. The van der Waals surface area contributed by atoms with Crippen molar-refractivity contribution in [3.63, 3.8) is 0 Å². The smallest absolute Gasteiger partial charge is 0.317 e. The molecule has 0 saturated heterocycles. The van der Waals surface area contributed by atoms with Crippen LogP contribution in [0, 0.1) is 5.82 Å². The minimum Gasteiger partial charge on any atom is -0.497 e. The second-order valence-electron chi connectivity index (χ2n) is 6.35. The fraction of sp³-hybridized carbons (Fsp3) is 0.227. The minimum atomic E-state index is -0.295. The molecule has 0 fully saturated rings. The molecule has 1 N–H and O–H groups in total. The van der Waals surface area contributed by atoms with Crippen LogP contribution in [0.4, 0.5) is 9.18 Å². The van der Waals surface area contributed by atoms with Gasteiger partial charge in [0.1, 0.15) is 11.6 Å². The van der Waals surface area contributed by atoms with Gasteiger partial charge in [0.25, 0.3) is 0 Å². The standard InChI is InChI=1S/C22H23FN2O2/c1-3-25(15-17-5-4-6-20(23)12-17)22(26)24-14-16-7-8-19-13-21(27-2)10-9-18(19)11-16/h4-13H,3,14-15H2,1-2H3,(H,24,26). The van der Waals surface area contributed by atoms with E-state index >= 15 is 0 Å². The summed E-state index contributed by atoms with van der Waals surface area (Å²) in [5.74, 6) is 0.524. The third-order valence-corrected chi connectivity index (χ3v) is 4.49. The predicted molar refractivity (Wildman–Crippen MR) is 105 cm³/mol. The number of nitrogens with zero attached hydrogens (tertiary/aromatic N) is 1. The predicted octanol–water partition coefficient (Wildman–Crippen LogP) is 4.72. The van der Waals surface area contributed by atoms with Crippen molar-refractivity contribution in [1.29, 1.82) is 0 Å². The van der Waals surface area contributed by atoms with Gasteiger partial charge in [-0.1, -0.05) is 30.3 Å². The van der Waals surface area contributed by atoms with Crippen LogP contribution >= 0.6 is 0 Å². The Kier molecular flexibility index (Phi) is 5.91. The lowest BCUT2D eigenvalue weighted by Gasteiger charge is -2.21. The average Bonchev–Trinajstić information content (AvgIpc) is 2.69.